The van der Waals surface area contributed by atoms with E-state index in [4.69, 9.17) is 4.74 Å². The van der Waals surface area contributed by atoms with Crippen molar-refractivity contribution in [3.8, 4) is 5.75 Å². The molecule has 0 amide bonds. The minimum Gasteiger partial charge on any atom is -0.482 e. The van der Waals surface area contributed by atoms with E-state index < -0.39 is 16.1 Å². The van der Waals surface area contributed by atoms with Gasteiger partial charge in [0, 0.05) is 13.1 Å². The maximum Gasteiger partial charge on any atom is 0.273 e. The Bertz CT molecular complexity index is 556. The average molecular weight is 264 g/mol. The maximum atomic E-state index is 11.5. The fourth-order valence-electron chi connectivity index (χ4n) is 2.23. The molecule has 6 heteroatoms. The summed E-state index contributed by atoms with van der Waals surface area (Å²) in [6, 6.07) is 4.39. The van der Waals surface area contributed by atoms with Crippen LogP contribution in [0.2, 0.25) is 0 Å². The van der Waals surface area contributed by atoms with Crippen LogP contribution in [0.3, 0.4) is 0 Å². The molecular weight excluding hydrogens is 248 g/mol. The van der Waals surface area contributed by atoms with E-state index in [9.17, 15) is 14.9 Å². The first kappa shape index (κ1) is 13.3. The Balaban J connectivity index is 2.60. The van der Waals surface area contributed by atoms with Gasteiger partial charge in [0.2, 0.25) is 0 Å². The van der Waals surface area contributed by atoms with Crippen molar-refractivity contribution in [1.29, 1.82) is 0 Å². The molecule has 0 aliphatic carbocycles. The van der Waals surface area contributed by atoms with E-state index in [1.54, 1.807) is 38.8 Å². The molecule has 0 aromatic heterocycles. The summed E-state index contributed by atoms with van der Waals surface area (Å²) in [5.74, 6) is 0.418. The van der Waals surface area contributed by atoms with Crippen LogP contribution in [0.25, 0.3) is 0 Å². The number of likely N-dealkylation sites (N-methyl/N-ethyl adjacent to an activating group) is 1. The van der Waals surface area contributed by atoms with Gasteiger partial charge < -0.3 is 14.4 Å². The monoisotopic (exact) mass is 264 g/mol. The molecule has 0 N–H and O–H groups in total. The van der Waals surface area contributed by atoms with Gasteiger partial charge >= 0.3 is 0 Å². The van der Waals surface area contributed by atoms with Gasteiger partial charge in [-0.2, -0.15) is 0 Å². The van der Waals surface area contributed by atoms with E-state index in [1.165, 1.54) is 12.1 Å². The largest absolute Gasteiger partial charge is 0.482 e. The zero-order valence-electron chi connectivity index (χ0n) is 11.3. The summed E-state index contributed by atoms with van der Waals surface area (Å²) in [6.45, 7) is 5.36. The Morgan fingerprint density at radius 2 is 2.00 bits per heavy atom. The third kappa shape index (κ3) is 1.75. The number of benzene rings is 1. The van der Waals surface area contributed by atoms with Gasteiger partial charge in [0.1, 0.15) is 23.2 Å². The first-order chi connectivity index (χ1) is 8.73. The van der Waals surface area contributed by atoms with Crippen LogP contribution >= 0.6 is 0 Å². The molecule has 1 unspecified atom stereocenters. The van der Waals surface area contributed by atoms with Crippen LogP contribution in [0, 0.1) is 10.1 Å². The lowest BCUT2D eigenvalue weighted by Gasteiger charge is -2.51. The van der Waals surface area contributed by atoms with Gasteiger partial charge in [-0.15, -0.1) is 0 Å². The number of nitro groups is 1. The zero-order chi connectivity index (χ0) is 14.4. The van der Waals surface area contributed by atoms with Gasteiger partial charge in [0.05, 0.1) is 16.7 Å². The predicted octanol–water partition coefficient (Wildman–Crippen LogP) is 2.16. The van der Waals surface area contributed by atoms with E-state index in [0.717, 1.165) is 6.29 Å². The smallest absolute Gasteiger partial charge is 0.273 e. The standard InChI is InChI=1S/C13H16N2O4/c1-12(2)13(3,8-16)14(4)10-6-5-9(15(17)18)7-11(10)19-12/h5-8H,1-4H3. The van der Waals surface area contributed by atoms with E-state index in [2.05, 4.69) is 0 Å². The lowest BCUT2D eigenvalue weighted by Crippen LogP contribution is -2.65. The number of non-ortho nitro benzene ring substituents is 1. The summed E-state index contributed by atoms with van der Waals surface area (Å²) >= 11 is 0. The van der Waals surface area contributed by atoms with E-state index in [1.807, 2.05) is 0 Å². The first-order valence-electron chi connectivity index (χ1n) is 5.90. The number of anilines is 1. The molecule has 0 saturated carbocycles. The fourth-order valence-corrected chi connectivity index (χ4v) is 2.23. The summed E-state index contributed by atoms with van der Waals surface area (Å²) in [7, 11) is 1.78. The number of ether oxygens (including phenoxy) is 1. The number of rotatable bonds is 2. The zero-order valence-corrected chi connectivity index (χ0v) is 11.3. The van der Waals surface area contributed by atoms with Crippen LogP contribution in [-0.4, -0.2) is 29.4 Å². The Morgan fingerprint density at radius 3 is 2.53 bits per heavy atom. The van der Waals surface area contributed by atoms with Gasteiger partial charge in [-0.25, -0.2) is 0 Å². The van der Waals surface area contributed by atoms with Crippen LogP contribution in [0.1, 0.15) is 20.8 Å². The molecule has 6 nitrogen and oxygen atoms in total. The summed E-state index contributed by atoms with van der Waals surface area (Å²) in [6.07, 6.45) is 0.845. The molecule has 0 bridgehead atoms. The van der Waals surface area contributed by atoms with Crippen molar-refractivity contribution in [2.75, 3.05) is 11.9 Å². The van der Waals surface area contributed by atoms with Crippen molar-refractivity contribution < 1.29 is 14.5 Å². The number of aldehydes is 1. The molecule has 1 aliphatic heterocycles. The highest BCUT2D eigenvalue weighted by molar-refractivity contribution is 5.78. The van der Waals surface area contributed by atoms with Crippen LogP contribution in [-0.2, 0) is 4.79 Å². The van der Waals surface area contributed by atoms with Gasteiger partial charge in [-0.05, 0) is 26.8 Å². The highest BCUT2D eigenvalue weighted by atomic mass is 16.6. The maximum absolute atomic E-state index is 11.5. The van der Waals surface area contributed by atoms with Crippen molar-refractivity contribution in [3.63, 3.8) is 0 Å². The fraction of sp³-hybridized carbons (Fsp3) is 0.462. The van der Waals surface area contributed by atoms with Crippen molar-refractivity contribution in [1.82, 2.24) is 0 Å². The molecule has 0 saturated heterocycles. The molecule has 0 fully saturated rings. The second-order valence-electron chi connectivity index (χ2n) is 5.35. The molecule has 1 aliphatic rings. The Hall–Kier alpha value is -2.11. The molecule has 1 aromatic rings. The first-order valence-corrected chi connectivity index (χ1v) is 5.90. The van der Waals surface area contributed by atoms with E-state index >= 15 is 0 Å². The molecule has 2 rings (SSSR count). The number of hydrogen-bond donors (Lipinski definition) is 0. The minimum atomic E-state index is -0.837. The number of fused-ring (bicyclic) bond motifs is 1. The predicted molar refractivity (Wildman–Crippen MR) is 70.7 cm³/mol. The lowest BCUT2D eigenvalue weighted by molar-refractivity contribution is -0.385. The molecule has 102 valence electrons. The summed E-state index contributed by atoms with van der Waals surface area (Å²) in [5.41, 5.74) is -0.987. The number of nitrogens with zero attached hydrogens (tertiary/aromatic N) is 2. The molecule has 0 spiro atoms. The molecule has 0 radical (unpaired) electrons. The highest BCUT2D eigenvalue weighted by Gasteiger charge is 2.51. The molecule has 19 heavy (non-hydrogen) atoms. The van der Waals surface area contributed by atoms with Crippen molar-refractivity contribution in [2.24, 2.45) is 0 Å². The Kier molecular flexibility index (Phi) is 2.77. The normalized spacial score (nSPS) is 24.3. The molecule has 1 atom stereocenters. The van der Waals surface area contributed by atoms with Crippen LogP contribution in [0.15, 0.2) is 18.2 Å². The average Bonchev–Trinajstić information content (AvgIpc) is 2.34. The second kappa shape index (κ2) is 3.94. The molecule has 1 heterocycles. The molecular formula is C13H16N2O4. The highest BCUT2D eigenvalue weighted by Crippen LogP contribution is 2.45. The number of carbonyl (C=O) groups is 1. The Morgan fingerprint density at radius 1 is 1.37 bits per heavy atom. The molecule has 1 aromatic carbocycles. The van der Waals surface area contributed by atoms with Crippen LogP contribution < -0.4 is 9.64 Å². The third-order valence-electron chi connectivity index (χ3n) is 4.03. The quantitative estimate of drug-likeness (QED) is 0.465. The van der Waals surface area contributed by atoms with Crippen molar-refractivity contribution >= 4 is 17.7 Å². The van der Waals surface area contributed by atoms with Crippen LogP contribution in [0.4, 0.5) is 11.4 Å². The van der Waals surface area contributed by atoms with Gasteiger partial charge in [-0.3, -0.25) is 10.1 Å². The Labute approximate surface area is 111 Å². The summed E-state index contributed by atoms with van der Waals surface area (Å²) in [4.78, 5) is 23.6. The van der Waals surface area contributed by atoms with Gasteiger partial charge in [0.25, 0.3) is 5.69 Å². The number of carbonyl (C=O) groups excluding carboxylic acids is 1. The van der Waals surface area contributed by atoms with Crippen molar-refractivity contribution in [2.45, 2.75) is 31.9 Å². The minimum absolute atomic E-state index is 0.0299. The second-order valence-corrected chi connectivity index (χ2v) is 5.35. The topological polar surface area (TPSA) is 72.7 Å². The van der Waals surface area contributed by atoms with E-state index in [-0.39, 0.29) is 5.69 Å². The van der Waals surface area contributed by atoms with Gasteiger partial charge in [0.15, 0.2) is 0 Å². The summed E-state index contributed by atoms with van der Waals surface area (Å²) < 4.78 is 5.81. The van der Waals surface area contributed by atoms with Gasteiger partial charge in [-0.1, -0.05) is 0 Å². The SMILES string of the molecule is CN1c2ccc([N+](=O)[O-])cc2OC(C)(C)C1(C)C=O. The van der Waals surface area contributed by atoms with Crippen LogP contribution in [0.5, 0.6) is 5.75 Å². The van der Waals surface area contributed by atoms with E-state index in [0.29, 0.717) is 11.4 Å². The van der Waals surface area contributed by atoms with Crippen molar-refractivity contribution in [3.05, 3.63) is 28.3 Å². The lowest BCUT2D eigenvalue weighted by atomic mass is 9.81. The third-order valence-corrected chi connectivity index (χ3v) is 4.03. The number of nitro benzene ring substituents is 1. The summed E-state index contributed by atoms with van der Waals surface area (Å²) in [5, 5.41) is 10.8. The number of hydrogen-bond acceptors (Lipinski definition) is 5.